The molecular formula is C11H13F2N3OS. The summed E-state index contributed by atoms with van der Waals surface area (Å²) in [5.41, 5.74) is 9.76. The van der Waals surface area contributed by atoms with Gasteiger partial charge in [0.05, 0.1) is 28.2 Å². The highest BCUT2D eigenvalue weighted by atomic mass is 32.1. The number of rotatable bonds is 6. The second kappa shape index (κ2) is 5.92. The summed E-state index contributed by atoms with van der Waals surface area (Å²) in [4.78, 5) is 4.17. The van der Waals surface area contributed by atoms with Gasteiger partial charge in [-0.2, -0.15) is 0 Å². The van der Waals surface area contributed by atoms with Crippen molar-refractivity contribution in [2.24, 2.45) is 0 Å². The van der Waals surface area contributed by atoms with Gasteiger partial charge in [-0.15, -0.1) is 11.3 Å². The van der Waals surface area contributed by atoms with Crippen LogP contribution in [-0.2, 0) is 4.74 Å². The summed E-state index contributed by atoms with van der Waals surface area (Å²) in [6, 6.07) is 3.77. The molecule has 7 heteroatoms. The normalized spacial score (nSPS) is 11.3. The van der Waals surface area contributed by atoms with Crippen LogP contribution in [0, 0.1) is 0 Å². The highest BCUT2D eigenvalue weighted by Crippen LogP contribution is 2.29. The zero-order valence-electron chi connectivity index (χ0n) is 9.53. The minimum atomic E-state index is -2.43. The van der Waals surface area contributed by atoms with Gasteiger partial charge >= 0.3 is 0 Å². The van der Waals surface area contributed by atoms with Crippen LogP contribution in [0.5, 0.6) is 0 Å². The number of ether oxygens (including phenoxy) is 1. The van der Waals surface area contributed by atoms with Crippen LogP contribution >= 0.6 is 11.3 Å². The van der Waals surface area contributed by atoms with Gasteiger partial charge in [-0.05, 0) is 12.1 Å². The lowest BCUT2D eigenvalue weighted by molar-refractivity contribution is 0.0215. The maximum atomic E-state index is 11.8. The topological polar surface area (TPSA) is 60.2 Å². The fourth-order valence-electron chi connectivity index (χ4n) is 1.54. The Balaban J connectivity index is 1.89. The van der Waals surface area contributed by atoms with E-state index >= 15 is 0 Å². The summed E-state index contributed by atoms with van der Waals surface area (Å²) in [5.74, 6) is 0. The van der Waals surface area contributed by atoms with E-state index < -0.39 is 13.0 Å². The average Bonchev–Trinajstić information content (AvgIpc) is 2.80. The highest BCUT2D eigenvalue weighted by Gasteiger charge is 2.06. The number of anilines is 2. The van der Waals surface area contributed by atoms with Gasteiger partial charge in [0, 0.05) is 6.54 Å². The first-order chi connectivity index (χ1) is 8.68. The monoisotopic (exact) mass is 273 g/mol. The van der Waals surface area contributed by atoms with Crippen molar-refractivity contribution >= 4 is 32.9 Å². The molecular weight excluding hydrogens is 260 g/mol. The van der Waals surface area contributed by atoms with Gasteiger partial charge in [0.1, 0.15) is 12.1 Å². The van der Waals surface area contributed by atoms with E-state index in [2.05, 4.69) is 10.3 Å². The molecule has 0 amide bonds. The summed E-state index contributed by atoms with van der Waals surface area (Å²) in [6.07, 6.45) is -2.43. The third-order valence-corrected chi connectivity index (χ3v) is 3.14. The Morgan fingerprint density at radius 2 is 2.28 bits per heavy atom. The van der Waals surface area contributed by atoms with Crippen molar-refractivity contribution in [3.05, 3.63) is 17.6 Å². The number of benzene rings is 1. The summed E-state index contributed by atoms with van der Waals surface area (Å²) in [7, 11) is 0. The van der Waals surface area contributed by atoms with E-state index in [1.807, 2.05) is 12.1 Å². The number of alkyl halides is 2. The Bertz CT molecular complexity index is 518. The molecule has 1 aromatic heterocycles. The van der Waals surface area contributed by atoms with E-state index in [9.17, 15) is 8.78 Å². The number of nitrogens with two attached hydrogens (primary N) is 1. The highest BCUT2D eigenvalue weighted by molar-refractivity contribution is 7.16. The van der Waals surface area contributed by atoms with Crippen molar-refractivity contribution in [3.8, 4) is 0 Å². The second-order valence-electron chi connectivity index (χ2n) is 3.62. The average molecular weight is 273 g/mol. The third-order valence-electron chi connectivity index (χ3n) is 2.35. The first-order valence-electron chi connectivity index (χ1n) is 5.40. The number of nitrogens with one attached hydrogen (secondary N) is 1. The molecule has 0 radical (unpaired) electrons. The molecule has 2 aromatic rings. The molecule has 0 aliphatic carbocycles. The third kappa shape index (κ3) is 3.05. The van der Waals surface area contributed by atoms with E-state index in [1.54, 1.807) is 5.51 Å². The first-order valence-corrected chi connectivity index (χ1v) is 6.28. The van der Waals surface area contributed by atoms with E-state index in [4.69, 9.17) is 10.5 Å². The van der Waals surface area contributed by atoms with Gasteiger partial charge in [-0.25, -0.2) is 13.8 Å². The lowest BCUT2D eigenvalue weighted by Crippen LogP contribution is -2.13. The SMILES string of the molecule is Nc1c(NCCOCC(F)F)ccc2scnc12. The number of aromatic nitrogens is 1. The van der Waals surface area contributed by atoms with Crippen LogP contribution in [0.3, 0.4) is 0 Å². The lowest BCUT2D eigenvalue weighted by atomic mass is 10.2. The van der Waals surface area contributed by atoms with Crippen molar-refractivity contribution in [1.82, 2.24) is 4.98 Å². The molecule has 98 valence electrons. The molecule has 0 aliphatic heterocycles. The smallest absolute Gasteiger partial charge is 0.261 e. The molecule has 0 bridgehead atoms. The minimum Gasteiger partial charge on any atom is -0.395 e. The number of halogens is 2. The summed E-state index contributed by atoms with van der Waals surface area (Å²) in [6.45, 7) is 0.0910. The predicted molar refractivity (Wildman–Crippen MR) is 69.3 cm³/mol. The Morgan fingerprint density at radius 1 is 1.44 bits per heavy atom. The molecule has 4 nitrogen and oxygen atoms in total. The zero-order chi connectivity index (χ0) is 13.0. The molecule has 0 saturated carbocycles. The zero-order valence-corrected chi connectivity index (χ0v) is 10.3. The largest absolute Gasteiger partial charge is 0.395 e. The van der Waals surface area contributed by atoms with Crippen LogP contribution in [0.25, 0.3) is 10.2 Å². The number of hydrogen-bond acceptors (Lipinski definition) is 5. The van der Waals surface area contributed by atoms with E-state index in [1.165, 1.54) is 11.3 Å². The van der Waals surface area contributed by atoms with Crippen LogP contribution < -0.4 is 11.1 Å². The van der Waals surface area contributed by atoms with Crippen molar-refractivity contribution in [2.75, 3.05) is 30.8 Å². The van der Waals surface area contributed by atoms with E-state index in [-0.39, 0.29) is 6.61 Å². The van der Waals surface area contributed by atoms with Crippen LogP contribution in [0.2, 0.25) is 0 Å². The number of nitrogens with zero attached hydrogens (tertiary/aromatic N) is 1. The van der Waals surface area contributed by atoms with Gasteiger partial charge in [-0.1, -0.05) is 0 Å². The molecule has 1 heterocycles. The van der Waals surface area contributed by atoms with Crippen LogP contribution in [0.1, 0.15) is 0 Å². The first kappa shape index (κ1) is 13.0. The molecule has 0 unspecified atom stereocenters. The molecule has 18 heavy (non-hydrogen) atoms. The Morgan fingerprint density at radius 3 is 3.06 bits per heavy atom. The number of thiazole rings is 1. The van der Waals surface area contributed by atoms with Crippen LogP contribution in [-0.4, -0.2) is 31.2 Å². The Hall–Kier alpha value is -1.47. The van der Waals surface area contributed by atoms with E-state index in [0.29, 0.717) is 12.2 Å². The Labute approximate surface area is 107 Å². The minimum absolute atomic E-state index is 0.207. The van der Waals surface area contributed by atoms with Crippen molar-refractivity contribution in [2.45, 2.75) is 6.43 Å². The van der Waals surface area contributed by atoms with E-state index in [0.717, 1.165) is 15.9 Å². The van der Waals surface area contributed by atoms with Crippen molar-refractivity contribution in [1.29, 1.82) is 0 Å². The number of hydrogen-bond donors (Lipinski definition) is 2. The molecule has 1 aromatic carbocycles. The molecule has 0 spiro atoms. The molecule has 0 saturated heterocycles. The molecule has 2 rings (SSSR count). The van der Waals surface area contributed by atoms with Crippen molar-refractivity contribution < 1.29 is 13.5 Å². The predicted octanol–water partition coefficient (Wildman–Crippen LogP) is 2.57. The number of fused-ring (bicyclic) bond motifs is 1. The summed E-state index contributed by atoms with van der Waals surface area (Å²) in [5, 5.41) is 3.04. The standard InChI is InChI=1S/C11H13F2N3OS/c12-9(13)5-17-4-3-15-7-1-2-8-11(10(7)14)16-6-18-8/h1-2,6,9,15H,3-5,14H2. The van der Waals surface area contributed by atoms with Gasteiger partial charge in [0.2, 0.25) is 0 Å². The van der Waals surface area contributed by atoms with Gasteiger partial charge in [-0.3, -0.25) is 0 Å². The maximum absolute atomic E-state index is 11.8. The second-order valence-corrected chi connectivity index (χ2v) is 4.51. The molecule has 0 atom stereocenters. The van der Waals surface area contributed by atoms with Gasteiger partial charge in [0.25, 0.3) is 6.43 Å². The van der Waals surface area contributed by atoms with Gasteiger partial charge < -0.3 is 15.8 Å². The number of nitrogen functional groups attached to an aromatic ring is 1. The molecule has 0 fully saturated rings. The Kier molecular flexibility index (Phi) is 4.27. The molecule has 0 aliphatic rings. The van der Waals surface area contributed by atoms with Crippen molar-refractivity contribution in [3.63, 3.8) is 0 Å². The van der Waals surface area contributed by atoms with Gasteiger partial charge in [0.15, 0.2) is 0 Å². The maximum Gasteiger partial charge on any atom is 0.261 e. The van der Waals surface area contributed by atoms with Crippen LogP contribution in [0.4, 0.5) is 20.2 Å². The lowest BCUT2D eigenvalue weighted by Gasteiger charge is -2.09. The molecule has 3 N–H and O–H groups in total. The summed E-state index contributed by atoms with van der Waals surface area (Å²) < 4.78 is 29.4. The fourth-order valence-corrected chi connectivity index (χ4v) is 2.23. The van der Waals surface area contributed by atoms with Crippen LogP contribution in [0.15, 0.2) is 17.6 Å². The fraction of sp³-hybridized carbons (Fsp3) is 0.364. The summed E-state index contributed by atoms with van der Waals surface area (Å²) >= 11 is 1.52. The quantitative estimate of drug-likeness (QED) is 0.627.